The van der Waals surface area contributed by atoms with E-state index in [4.69, 9.17) is 14.2 Å². The summed E-state index contributed by atoms with van der Waals surface area (Å²) < 4.78 is 16.7. The maximum Gasteiger partial charge on any atom is 0.302 e. The van der Waals surface area contributed by atoms with Crippen LogP contribution < -0.4 is 14.4 Å². The Morgan fingerprint density at radius 2 is 1.44 bits per heavy atom. The first-order chi connectivity index (χ1) is 18.9. The van der Waals surface area contributed by atoms with Crippen molar-refractivity contribution in [3.8, 4) is 11.5 Å². The lowest BCUT2D eigenvalue weighted by Gasteiger charge is -2.23. The maximum atomic E-state index is 12.6. The van der Waals surface area contributed by atoms with E-state index in [1.165, 1.54) is 71.1 Å². The fourth-order valence-electron chi connectivity index (χ4n) is 4.61. The Morgan fingerprint density at radius 3 is 2.03 bits per heavy atom. The van der Waals surface area contributed by atoms with Crippen LogP contribution in [-0.2, 0) is 27.5 Å². The third-order valence-corrected chi connectivity index (χ3v) is 6.90. The summed E-state index contributed by atoms with van der Waals surface area (Å²) in [4.78, 5) is 25.5. The number of methoxy groups -OCH3 is 1. The normalized spacial score (nSPS) is 10.8. The van der Waals surface area contributed by atoms with E-state index in [0.717, 1.165) is 41.2 Å². The minimum absolute atomic E-state index is 0.0811. The van der Waals surface area contributed by atoms with Gasteiger partial charge in [0.1, 0.15) is 18.1 Å². The van der Waals surface area contributed by atoms with Crippen LogP contribution in [0.25, 0.3) is 0 Å². The average molecular weight is 540 g/mol. The summed E-state index contributed by atoms with van der Waals surface area (Å²) in [6, 6.07) is 13.2. The lowest BCUT2D eigenvalue weighted by atomic mass is 10.1. The molecule has 2 rings (SSSR count). The Balaban J connectivity index is 1.86. The molecule has 0 N–H and O–H groups in total. The first-order valence-corrected chi connectivity index (χ1v) is 14.7. The molecule has 0 aliphatic heterocycles. The molecule has 1 amide bonds. The van der Waals surface area contributed by atoms with Crippen molar-refractivity contribution >= 4 is 17.6 Å². The molecule has 0 saturated heterocycles. The van der Waals surface area contributed by atoms with Crippen molar-refractivity contribution < 1.29 is 23.8 Å². The average Bonchev–Trinajstić information content (AvgIpc) is 2.93. The van der Waals surface area contributed by atoms with Crippen molar-refractivity contribution in [1.82, 2.24) is 0 Å². The van der Waals surface area contributed by atoms with E-state index in [1.54, 1.807) is 18.9 Å². The monoisotopic (exact) mass is 539 g/mol. The highest BCUT2D eigenvalue weighted by Gasteiger charge is 2.16. The number of carbonyl (C=O) groups excluding carboxylic acids is 2. The van der Waals surface area contributed by atoms with Crippen molar-refractivity contribution in [1.29, 1.82) is 0 Å². The summed E-state index contributed by atoms with van der Waals surface area (Å²) in [6.07, 6.45) is 15.6. The highest BCUT2D eigenvalue weighted by Crippen LogP contribution is 2.29. The van der Waals surface area contributed by atoms with Crippen LogP contribution in [0.5, 0.6) is 11.5 Å². The van der Waals surface area contributed by atoms with Crippen LogP contribution in [0.1, 0.15) is 109 Å². The minimum Gasteiger partial charge on any atom is -0.497 e. The molecule has 0 aromatic heterocycles. The second kappa shape index (κ2) is 19.1. The zero-order valence-corrected chi connectivity index (χ0v) is 24.6. The quantitative estimate of drug-likeness (QED) is 0.125. The Bertz CT molecular complexity index is 990. The fourth-order valence-corrected chi connectivity index (χ4v) is 4.61. The standard InChI is InChI=1S/C33H49NO5/c1-5-6-7-8-9-10-11-12-13-14-15-16-22-38-33-24-32(37-4)21-20-30(33)25-34(27(2)35)31-19-17-18-29(23-31)26-39-28(3)36/h17-21,23-24H,5-16,22,25-26H2,1-4H3. The summed E-state index contributed by atoms with van der Waals surface area (Å²) in [6.45, 7) is 6.37. The molecule has 39 heavy (non-hydrogen) atoms. The van der Waals surface area contributed by atoms with Gasteiger partial charge >= 0.3 is 5.97 Å². The van der Waals surface area contributed by atoms with Gasteiger partial charge in [0.25, 0.3) is 0 Å². The molecule has 6 nitrogen and oxygen atoms in total. The third kappa shape index (κ3) is 13.1. The Kier molecular flexibility index (Phi) is 15.8. The molecule has 0 aliphatic carbocycles. The Labute approximate surface area is 236 Å². The highest BCUT2D eigenvalue weighted by molar-refractivity contribution is 5.91. The molecule has 6 heteroatoms. The van der Waals surface area contributed by atoms with Gasteiger partial charge in [0, 0.05) is 31.2 Å². The van der Waals surface area contributed by atoms with Gasteiger partial charge in [0.2, 0.25) is 5.91 Å². The molecule has 2 aromatic carbocycles. The number of hydrogen-bond donors (Lipinski definition) is 0. The molecule has 0 fully saturated rings. The zero-order valence-electron chi connectivity index (χ0n) is 24.6. The molecule has 0 heterocycles. The van der Waals surface area contributed by atoms with Gasteiger partial charge in [-0.05, 0) is 36.2 Å². The van der Waals surface area contributed by atoms with Gasteiger partial charge in [-0.3, -0.25) is 9.59 Å². The summed E-state index contributed by atoms with van der Waals surface area (Å²) in [5, 5.41) is 0. The van der Waals surface area contributed by atoms with Crippen LogP contribution in [0.15, 0.2) is 42.5 Å². The van der Waals surface area contributed by atoms with Crippen LogP contribution in [0.3, 0.4) is 0 Å². The second-order valence-corrected chi connectivity index (χ2v) is 10.3. The first-order valence-electron chi connectivity index (χ1n) is 14.7. The number of nitrogens with zero attached hydrogens (tertiary/aromatic N) is 1. The molecule has 0 atom stereocenters. The van der Waals surface area contributed by atoms with Crippen molar-refractivity contribution in [3.05, 3.63) is 53.6 Å². The topological polar surface area (TPSA) is 65.1 Å². The van der Waals surface area contributed by atoms with Gasteiger partial charge in [-0.25, -0.2) is 0 Å². The number of anilines is 1. The molecule has 0 radical (unpaired) electrons. The van der Waals surface area contributed by atoms with E-state index in [0.29, 0.717) is 13.2 Å². The lowest BCUT2D eigenvalue weighted by molar-refractivity contribution is -0.142. The van der Waals surface area contributed by atoms with Crippen molar-refractivity contribution in [3.63, 3.8) is 0 Å². The van der Waals surface area contributed by atoms with E-state index in [2.05, 4.69) is 6.92 Å². The van der Waals surface area contributed by atoms with E-state index in [9.17, 15) is 9.59 Å². The molecule has 0 saturated carbocycles. The lowest BCUT2D eigenvalue weighted by Crippen LogP contribution is -2.28. The van der Waals surface area contributed by atoms with Gasteiger partial charge in [0.15, 0.2) is 0 Å². The van der Waals surface area contributed by atoms with Gasteiger partial charge in [-0.1, -0.05) is 89.7 Å². The Hall–Kier alpha value is -3.02. The molecule has 0 aliphatic rings. The third-order valence-electron chi connectivity index (χ3n) is 6.90. The van der Waals surface area contributed by atoms with E-state index in [-0.39, 0.29) is 18.5 Å². The van der Waals surface area contributed by atoms with Crippen LogP contribution in [0, 0.1) is 0 Å². The van der Waals surface area contributed by atoms with Gasteiger partial charge in [-0.2, -0.15) is 0 Å². The number of esters is 1. The first kappa shape index (κ1) is 32.2. The van der Waals surface area contributed by atoms with Crippen molar-refractivity contribution in [2.24, 2.45) is 0 Å². The predicted molar refractivity (Wildman–Crippen MR) is 158 cm³/mol. The number of unbranched alkanes of at least 4 members (excludes halogenated alkanes) is 11. The number of hydrogen-bond acceptors (Lipinski definition) is 5. The van der Waals surface area contributed by atoms with E-state index in [1.807, 2.05) is 42.5 Å². The van der Waals surface area contributed by atoms with Gasteiger partial charge in [-0.15, -0.1) is 0 Å². The predicted octanol–water partition coefficient (Wildman–Crippen LogP) is 8.39. The van der Waals surface area contributed by atoms with Crippen LogP contribution in [0.4, 0.5) is 5.69 Å². The molecule has 0 spiro atoms. The molecule has 216 valence electrons. The van der Waals surface area contributed by atoms with Crippen molar-refractivity contribution in [2.45, 2.75) is 111 Å². The highest BCUT2D eigenvalue weighted by atomic mass is 16.5. The molecular weight excluding hydrogens is 490 g/mol. The molecule has 2 aromatic rings. The summed E-state index contributed by atoms with van der Waals surface area (Å²) in [5.74, 6) is 1.04. The van der Waals surface area contributed by atoms with Crippen molar-refractivity contribution in [2.75, 3.05) is 18.6 Å². The number of benzene rings is 2. The molecule has 0 unspecified atom stereocenters. The molecule has 0 bridgehead atoms. The minimum atomic E-state index is -0.336. The molecular formula is C33H49NO5. The van der Waals surface area contributed by atoms with E-state index >= 15 is 0 Å². The summed E-state index contributed by atoms with van der Waals surface area (Å²) >= 11 is 0. The smallest absolute Gasteiger partial charge is 0.302 e. The van der Waals surface area contributed by atoms with Gasteiger partial charge in [0.05, 0.1) is 20.3 Å². The number of amides is 1. The second-order valence-electron chi connectivity index (χ2n) is 10.3. The fraction of sp³-hybridized carbons (Fsp3) is 0.576. The Morgan fingerprint density at radius 1 is 0.795 bits per heavy atom. The van der Waals surface area contributed by atoms with Crippen LogP contribution in [0.2, 0.25) is 0 Å². The van der Waals surface area contributed by atoms with E-state index < -0.39 is 0 Å². The van der Waals surface area contributed by atoms with Gasteiger partial charge < -0.3 is 19.1 Å². The largest absolute Gasteiger partial charge is 0.497 e. The zero-order chi connectivity index (χ0) is 28.3. The number of carbonyl (C=O) groups is 2. The van der Waals surface area contributed by atoms with Crippen LogP contribution in [-0.4, -0.2) is 25.6 Å². The van der Waals surface area contributed by atoms with Crippen LogP contribution >= 0.6 is 0 Å². The SMILES string of the molecule is CCCCCCCCCCCCCCOc1cc(OC)ccc1CN(C(C)=O)c1cccc(COC(C)=O)c1. The maximum absolute atomic E-state index is 12.6. The summed E-state index contributed by atoms with van der Waals surface area (Å²) in [7, 11) is 1.64. The number of rotatable bonds is 20. The number of ether oxygens (including phenoxy) is 3. The summed E-state index contributed by atoms with van der Waals surface area (Å²) in [5.41, 5.74) is 2.48.